The molecule has 1 aliphatic rings. The summed E-state index contributed by atoms with van der Waals surface area (Å²) in [6, 6.07) is 2.08. The predicted molar refractivity (Wildman–Crippen MR) is 76.9 cm³/mol. The maximum Gasteiger partial charge on any atom is 0.250 e. The Bertz CT molecular complexity index is 439. The second-order valence-corrected chi connectivity index (χ2v) is 5.21. The van der Waals surface area contributed by atoms with Crippen LogP contribution in [0.5, 0.6) is 0 Å². The van der Waals surface area contributed by atoms with Gasteiger partial charge in [0.15, 0.2) is 0 Å². The van der Waals surface area contributed by atoms with E-state index in [-0.39, 0.29) is 0 Å². The number of rotatable bonds is 3. The van der Waals surface area contributed by atoms with E-state index in [0.717, 1.165) is 12.8 Å². The summed E-state index contributed by atoms with van der Waals surface area (Å²) >= 11 is 0. The number of nitrogen functional groups attached to an aromatic ring is 1. The van der Waals surface area contributed by atoms with Crippen molar-refractivity contribution in [2.24, 2.45) is 5.73 Å². The minimum Gasteiger partial charge on any atom is -0.397 e. The molecule has 0 saturated heterocycles. The van der Waals surface area contributed by atoms with Crippen LogP contribution in [0.15, 0.2) is 12.3 Å². The number of hydrogen-bond donors (Lipinski definition) is 3. The van der Waals surface area contributed by atoms with Gasteiger partial charge in [-0.1, -0.05) is 32.1 Å². The van der Waals surface area contributed by atoms with Crippen molar-refractivity contribution < 1.29 is 4.79 Å². The van der Waals surface area contributed by atoms with Gasteiger partial charge in [-0.2, -0.15) is 0 Å². The molecule has 1 aliphatic carbocycles. The second kappa shape index (κ2) is 6.41. The lowest BCUT2D eigenvalue weighted by Crippen LogP contribution is -2.22. The number of carbonyl (C=O) groups is 1. The Morgan fingerprint density at radius 3 is 2.47 bits per heavy atom. The van der Waals surface area contributed by atoms with Crippen LogP contribution in [-0.2, 0) is 0 Å². The Kier molecular flexibility index (Phi) is 4.60. The highest BCUT2D eigenvalue weighted by molar-refractivity contribution is 5.98. The van der Waals surface area contributed by atoms with Crippen LogP contribution < -0.4 is 16.8 Å². The van der Waals surface area contributed by atoms with E-state index in [1.807, 2.05) is 0 Å². The van der Waals surface area contributed by atoms with Crippen molar-refractivity contribution in [1.82, 2.24) is 4.98 Å². The monoisotopic (exact) mass is 262 g/mol. The first-order valence-corrected chi connectivity index (χ1v) is 6.98. The van der Waals surface area contributed by atoms with E-state index in [9.17, 15) is 4.79 Å². The molecule has 0 atom stereocenters. The third kappa shape index (κ3) is 3.84. The van der Waals surface area contributed by atoms with Gasteiger partial charge in [-0.25, -0.2) is 4.98 Å². The van der Waals surface area contributed by atoms with Crippen molar-refractivity contribution in [2.75, 3.05) is 11.1 Å². The molecule has 1 heterocycles. The predicted octanol–water partition coefficient (Wildman–Crippen LogP) is 2.29. The molecular formula is C14H22N4O. The largest absolute Gasteiger partial charge is 0.397 e. The maximum atomic E-state index is 11.3. The summed E-state index contributed by atoms with van der Waals surface area (Å²) in [6.45, 7) is 0. The number of amides is 1. The minimum absolute atomic E-state index is 0.329. The van der Waals surface area contributed by atoms with Gasteiger partial charge in [0.2, 0.25) is 0 Å². The molecule has 0 unspecified atom stereocenters. The number of aromatic nitrogens is 1. The SMILES string of the molecule is NC(=O)c1cc(NC2CCCCCCC2)ncc1N. The zero-order valence-electron chi connectivity index (χ0n) is 11.2. The van der Waals surface area contributed by atoms with E-state index in [2.05, 4.69) is 10.3 Å². The fraction of sp³-hybridized carbons (Fsp3) is 0.571. The first-order chi connectivity index (χ1) is 9.16. The zero-order valence-corrected chi connectivity index (χ0v) is 11.2. The highest BCUT2D eigenvalue weighted by Gasteiger charge is 2.13. The molecule has 1 saturated carbocycles. The summed E-state index contributed by atoms with van der Waals surface area (Å²) in [5.74, 6) is 0.175. The fourth-order valence-electron chi connectivity index (χ4n) is 2.57. The van der Waals surface area contributed by atoms with Crippen molar-refractivity contribution in [3.8, 4) is 0 Å². The molecule has 1 aromatic heterocycles. The van der Waals surface area contributed by atoms with Crippen LogP contribution in [0.25, 0.3) is 0 Å². The van der Waals surface area contributed by atoms with Crippen LogP contribution in [-0.4, -0.2) is 16.9 Å². The number of primary amides is 1. The lowest BCUT2D eigenvalue weighted by molar-refractivity contribution is 0.100. The summed E-state index contributed by atoms with van der Waals surface area (Å²) < 4.78 is 0. The maximum absolute atomic E-state index is 11.3. The topological polar surface area (TPSA) is 94.0 Å². The number of nitrogens with two attached hydrogens (primary N) is 2. The van der Waals surface area contributed by atoms with E-state index in [0.29, 0.717) is 23.1 Å². The molecule has 5 nitrogen and oxygen atoms in total. The molecule has 2 rings (SSSR count). The van der Waals surface area contributed by atoms with Crippen LogP contribution in [0.1, 0.15) is 55.3 Å². The molecule has 0 spiro atoms. The molecule has 0 aromatic carbocycles. The van der Waals surface area contributed by atoms with Gasteiger partial charge < -0.3 is 16.8 Å². The molecule has 0 bridgehead atoms. The first-order valence-electron chi connectivity index (χ1n) is 6.98. The Labute approximate surface area is 113 Å². The average molecular weight is 262 g/mol. The van der Waals surface area contributed by atoms with E-state index in [1.54, 1.807) is 6.07 Å². The molecule has 0 radical (unpaired) electrons. The van der Waals surface area contributed by atoms with Crippen LogP contribution in [0.3, 0.4) is 0 Å². The molecule has 19 heavy (non-hydrogen) atoms. The lowest BCUT2D eigenvalue weighted by atomic mass is 9.97. The smallest absolute Gasteiger partial charge is 0.250 e. The van der Waals surface area contributed by atoms with Gasteiger partial charge in [0, 0.05) is 6.04 Å². The normalized spacial score (nSPS) is 17.5. The minimum atomic E-state index is -0.513. The number of nitrogens with zero attached hydrogens (tertiary/aromatic N) is 1. The average Bonchev–Trinajstić information content (AvgIpc) is 2.34. The molecule has 5 N–H and O–H groups in total. The number of carbonyl (C=O) groups excluding carboxylic acids is 1. The van der Waals surface area contributed by atoms with E-state index < -0.39 is 5.91 Å². The van der Waals surface area contributed by atoms with Gasteiger partial charge in [-0.15, -0.1) is 0 Å². The number of pyridine rings is 1. The Hall–Kier alpha value is -1.78. The fourth-order valence-corrected chi connectivity index (χ4v) is 2.57. The molecular weight excluding hydrogens is 240 g/mol. The van der Waals surface area contributed by atoms with Crippen LogP contribution >= 0.6 is 0 Å². The van der Waals surface area contributed by atoms with Gasteiger partial charge in [0.25, 0.3) is 5.91 Å². The van der Waals surface area contributed by atoms with Crippen molar-refractivity contribution in [1.29, 1.82) is 0 Å². The van der Waals surface area contributed by atoms with Gasteiger partial charge in [0.1, 0.15) is 5.82 Å². The number of hydrogen-bond acceptors (Lipinski definition) is 4. The van der Waals surface area contributed by atoms with Gasteiger partial charge in [-0.05, 0) is 18.9 Å². The van der Waals surface area contributed by atoms with Crippen LogP contribution in [0.2, 0.25) is 0 Å². The summed E-state index contributed by atoms with van der Waals surface area (Å²) in [4.78, 5) is 15.5. The van der Waals surface area contributed by atoms with Crippen molar-refractivity contribution in [2.45, 2.75) is 51.0 Å². The molecule has 104 valence electrons. The van der Waals surface area contributed by atoms with Gasteiger partial charge in [0.05, 0.1) is 17.4 Å². The van der Waals surface area contributed by atoms with Gasteiger partial charge >= 0.3 is 0 Å². The highest BCUT2D eigenvalue weighted by atomic mass is 16.1. The molecule has 1 amide bonds. The Morgan fingerprint density at radius 1 is 1.21 bits per heavy atom. The molecule has 0 aliphatic heterocycles. The molecule has 5 heteroatoms. The van der Waals surface area contributed by atoms with Crippen molar-refractivity contribution in [3.63, 3.8) is 0 Å². The zero-order chi connectivity index (χ0) is 13.7. The summed E-state index contributed by atoms with van der Waals surface area (Å²) in [6.07, 6.45) is 10.2. The summed E-state index contributed by atoms with van der Waals surface area (Å²) in [5.41, 5.74) is 11.6. The third-order valence-corrected chi connectivity index (χ3v) is 3.66. The summed E-state index contributed by atoms with van der Waals surface area (Å²) in [7, 11) is 0. The van der Waals surface area contributed by atoms with Crippen molar-refractivity contribution in [3.05, 3.63) is 17.8 Å². The lowest BCUT2D eigenvalue weighted by Gasteiger charge is -2.21. The number of nitrogens with one attached hydrogen (secondary N) is 1. The van der Waals surface area contributed by atoms with Crippen LogP contribution in [0, 0.1) is 0 Å². The van der Waals surface area contributed by atoms with E-state index >= 15 is 0 Å². The highest BCUT2D eigenvalue weighted by Crippen LogP contribution is 2.21. The summed E-state index contributed by atoms with van der Waals surface area (Å²) in [5, 5.41) is 3.40. The van der Waals surface area contributed by atoms with E-state index in [4.69, 9.17) is 11.5 Å². The molecule has 1 aromatic rings. The third-order valence-electron chi connectivity index (χ3n) is 3.66. The van der Waals surface area contributed by atoms with Crippen molar-refractivity contribution >= 4 is 17.4 Å². The van der Waals surface area contributed by atoms with E-state index in [1.165, 1.54) is 38.3 Å². The Balaban J connectivity index is 2.05. The second-order valence-electron chi connectivity index (χ2n) is 5.21. The molecule has 1 fully saturated rings. The first kappa shape index (κ1) is 13.6. The quantitative estimate of drug-likeness (QED) is 0.779. The van der Waals surface area contributed by atoms with Crippen LogP contribution in [0.4, 0.5) is 11.5 Å². The standard InChI is InChI=1S/C14H22N4O/c15-12-9-17-13(8-11(12)14(16)19)18-10-6-4-2-1-3-5-7-10/h8-10H,1-7,15H2,(H2,16,19)(H,17,18). The number of anilines is 2. The van der Waals surface area contributed by atoms with Gasteiger partial charge in [-0.3, -0.25) is 4.79 Å². The Morgan fingerprint density at radius 2 is 1.84 bits per heavy atom.